The second kappa shape index (κ2) is 4.63. The van der Waals surface area contributed by atoms with Crippen LogP contribution in [0.2, 0.25) is 0 Å². The summed E-state index contributed by atoms with van der Waals surface area (Å²) in [4.78, 5) is 0. The Bertz CT molecular complexity index is 360. The van der Waals surface area contributed by atoms with E-state index in [0.29, 0.717) is 0 Å². The summed E-state index contributed by atoms with van der Waals surface area (Å²) in [6, 6.07) is 3.21. The monoisotopic (exact) mass is 176 g/mol. The molecular formula is C9H8N2O2. The fourth-order valence-corrected chi connectivity index (χ4v) is 0.661. The first-order chi connectivity index (χ1) is 6.08. The van der Waals surface area contributed by atoms with Crippen LogP contribution in [-0.4, -0.2) is 10.2 Å². The molecule has 0 amide bonds. The van der Waals surface area contributed by atoms with Crippen LogP contribution in [-0.2, 0) is 0 Å². The van der Waals surface area contributed by atoms with Crippen LogP contribution in [0.3, 0.4) is 0 Å². The number of nitrogens with zero attached hydrogens (tertiary/aromatic N) is 2. The minimum atomic E-state index is -0.424. The van der Waals surface area contributed by atoms with E-state index in [1.165, 1.54) is 6.92 Å². The fraction of sp³-hybridized carbons (Fsp3) is 0.111. The van der Waals surface area contributed by atoms with Crippen LogP contribution >= 0.6 is 0 Å². The van der Waals surface area contributed by atoms with Crippen LogP contribution in [0, 0.1) is 22.7 Å². The molecule has 13 heavy (non-hydrogen) atoms. The van der Waals surface area contributed by atoms with Gasteiger partial charge in [0.2, 0.25) is 0 Å². The molecule has 0 aliphatic rings. The van der Waals surface area contributed by atoms with E-state index in [1.807, 2.05) is 0 Å². The molecule has 4 heteroatoms. The molecule has 0 saturated carbocycles. The number of hydrogen-bond donors (Lipinski definition) is 2. The van der Waals surface area contributed by atoms with E-state index in [9.17, 15) is 0 Å². The number of rotatable bonds is 2. The predicted octanol–water partition coefficient (Wildman–Crippen LogP) is 1.86. The summed E-state index contributed by atoms with van der Waals surface area (Å²) in [7, 11) is 0. The van der Waals surface area contributed by atoms with Crippen molar-refractivity contribution in [2.45, 2.75) is 6.92 Å². The van der Waals surface area contributed by atoms with Crippen molar-refractivity contribution < 1.29 is 10.2 Å². The number of aliphatic hydroxyl groups is 2. The molecule has 0 bridgehead atoms. The number of aliphatic hydroxyl groups excluding tert-OH is 2. The van der Waals surface area contributed by atoms with Crippen LogP contribution in [0.25, 0.3) is 0 Å². The first-order valence-electron chi connectivity index (χ1n) is 3.34. The summed E-state index contributed by atoms with van der Waals surface area (Å²) in [5.41, 5.74) is -0.530. The van der Waals surface area contributed by atoms with Crippen molar-refractivity contribution in [2.75, 3.05) is 0 Å². The Balaban J connectivity index is 5.55. The highest BCUT2D eigenvalue weighted by atomic mass is 16.3. The molecule has 0 unspecified atom stereocenters. The molecule has 0 aromatic rings. The molecule has 0 fully saturated rings. The van der Waals surface area contributed by atoms with Gasteiger partial charge in [-0.3, -0.25) is 0 Å². The smallest absolute Gasteiger partial charge is 0.134 e. The third kappa shape index (κ3) is 2.39. The third-order valence-electron chi connectivity index (χ3n) is 1.28. The van der Waals surface area contributed by atoms with Crippen LogP contribution in [0.4, 0.5) is 0 Å². The summed E-state index contributed by atoms with van der Waals surface area (Å²) in [6.07, 6.45) is 1.03. The van der Waals surface area contributed by atoms with Crippen molar-refractivity contribution in [3.63, 3.8) is 0 Å². The van der Waals surface area contributed by atoms with Gasteiger partial charge in [-0.1, -0.05) is 6.58 Å². The van der Waals surface area contributed by atoms with Crippen molar-refractivity contribution in [1.29, 1.82) is 10.5 Å². The zero-order valence-corrected chi connectivity index (χ0v) is 7.07. The molecule has 0 heterocycles. The van der Waals surface area contributed by atoms with Gasteiger partial charge < -0.3 is 10.2 Å². The second-order valence-electron chi connectivity index (χ2n) is 2.15. The van der Waals surface area contributed by atoms with Crippen LogP contribution < -0.4 is 0 Å². The zero-order valence-electron chi connectivity index (χ0n) is 7.07. The maximum absolute atomic E-state index is 9.11. The van der Waals surface area contributed by atoms with E-state index in [0.717, 1.165) is 6.08 Å². The highest BCUT2D eigenvalue weighted by Crippen LogP contribution is 2.15. The first-order valence-corrected chi connectivity index (χ1v) is 3.34. The number of hydrogen-bond acceptors (Lipinski definition) is 4. The minimum absolute atomic E-state index is 0.250. The van der Waals surface area contributed by atoms with Crippen molar-refractivity contribution in [3.8, 4) is 12.1 Å². The molecule has 0 rings (SSSR count). The number of nitriles is 2. The lowest BCUT2D eigenvalue weighted by Crippen LogP contribution is -1.93. The first kappa shape index (κ1) is 10.8. The van der Waals surface area contributed by atoms with Gasteiger partial charge in [-0.2, -0.15) is 10.5 Å². The average molecular weight is 176 g/mol. The molecule has 0 atom stereocenters. The van der Waals surface area contributed by atoms with Crippen molar-refractivity contribution in [2.24, 2.45) is 0 Å². The summed E-state index contributed by atoms with van der Waals surface area (Å²) in [5.74, 6) is -0.736. The third-order valence-corrected chi connectivity index (χ3v) is 1.28. The Kier molecular flexibility index (Phi) is 3.85. The lowest BCUT2D eigenvalue weighted by molar-refractivity contribution is 0.406. The molecule has 0 radical (unpaired) electrons. The summed E-state index contributed by atoms with van der Waals surface area (Å²) in [5, 5.41) is 35.2. The molecule has 0 aliphatic heterocycles. The molecule has 0 aromatic carbocycles. The van der Waals surface area contributed by atoms with Gasteiger partial charge in [-0.05, 0) is 13.0 Å². The molecule has 4 nitrogen and oxygen atoms in total. The van der Waals surface area contributed by atoms with Gasteiger partial charge in [-0.25, -0.2) is 0 Å². The lowest BCUT2D eigenvalue weighted by atomic mass is 10.1. The predicted molar refractivity (Wildman–Crippen MR) is 46.4 cm³/mol. The van der Waals surface area contributed by atoms with Gasteiger partial charge in [-0.15, -0.1) is 0 Å². The van der Waals surface area contributed by atoms with Crippen molar-refractivity contribution in [3.05, 3.63) is 35.3 Å². The highest BCUT2D eigenvalue weighted by molar-refractivity contribution is 5.53. The van der Waals surface area contributed by atoms with Crippen LogP contribution in [0.5, 0.6) is 0 Å². The van der Waals surface area contributed by atoms with E-state index < -0.39 is 5.76 Å². The number of allylic oxidation sites excluding steroid dienone is 4. The van der Waals surface area contributed by atoms with Gasteiger partial charge in [0.15, 0.2) is 0 Å². The molecule has 0 spiro atoms. The van der Waals surface area contributed by atoms with Crippen LogP contribution in [0.15, 0.2) is 35.3 Å². The van der Waals surface area contributed by atoms with Gasteiger partial charge in [0.05, 0.1) is 0 Å². The van der Waals surface area contributed by atoms with E-state index in [4.69, 9.17) is 20.7 Å². The molecule has 2 N–H and O–H groups in total. The quantitative estimate of drug-likeness (QED) is 0.382. The zero-order chi connectivity index (χ0) is 10.4. The van der Waals surface area contributed by atoms with E-state index in [1.54, 1.807) is 12.1 Å². The molecule has 0 saturated heterocycles. The maximum atomic E-state index is 9.11. The highest BCUT2D eigenvalue weighted by Gasteiger charge is 2.11. The Morgan fingerprint density at radius 2 is 1.69 bits per heavy atom. The molecule has 0 aromatic heterocycles. The second-order valence-corrected chi connectivity index (χ2v) is 2.15. The fourth-order valence-electron chi connectivity index (χ4n) is 0.661. The van der Waals surface area contributed by atoms with Gasteiger partial charge in [0, 0.05) is 0 Å². The molecule has 66 valence electrons. The average Bonchev–Trinajstić information content (AvgIpc) is 2.12. The molecule has 0 aliphatic carbocycles. The Labute approximate surface area is 76.0 Å². The Hall–Kier alpha value is -2.20. The summed E-state index contributed by atoms with van der Waals surface area (Å²) in [6.45, 7) is 4.49. The lowest BCUT2D eigenvalue weighted by Gasteiger charge is -1.98. The standard InChI is InChI=1S/C9H8N2O2/c1-3-9(13)8(5-11)7(4-10)6(2)12/h3,12-13H,1H2,2H3/b7-6+,9-8+. The minimum Gasteiger partial charge on any atom is -0.511 e. The van der Waals surface area contributed by atoms with E-state index in [2.05, 4.69) is 6.58 Å². The Morgan fingerprint density at radius 3 is 1.92 bits per heavy atom. The maximum Gasteiger partial charge on any atom is 0.134 e. The van der Waals surface area contributed by atoms with Gasteiger partial charge >= 0.3 is 0 Å². The van der Waals surface area contributed by atoms with Crippen LogP contribution in [0.1, 0.15) is 6.92 Å². The van der Waals surface area contributed by atoms with Crippen molar-refractivity contribution >= 4 is 0 Å². The normalized spacial score (nSPS) is 13.2. The Morgan fingerprint density at radius 1 is 1.23 bits per heavy atom. The van der Waals surface area contributed by atoms with Gasteiger partial charge in [0.25, 0.3) is 0 Å². The van der Waals surface area contributed by atoms with Gasteiger partial charge in [0.1, 0.15) is 34.8 Å². The van der Waals surface area contributed by atoms with Crippen molar-refractivity contribution in [1.82, 2.24) is 0 Å². The summed E-state index contributed by atoms with van der Waals surface area (Å²) < 4.78 is 0. The van der Waals surface area contributed by atoms with E-state index >= 15 is 0 Å². The summed E-state index contributed by atoms with van der Waals surface area (Å²) >= 11 is 0. The topological polar surface area (TPSA) is 88.0 Å². The molecular weight excluding hydrogens is 168 g/mol. The SMILES string of the molecule is C=C/C(O)=C(C#N)\C(C#N)=C(/C)O. The van der Waals surface area contributed by atoms with E-state index in [-0.39, 0.29) is 16.9 Å². The largest absolute Gasteiger partial charge is 0.511 e.